The van der Waals surface area contributed by atoms with Gasteiger partial charge in [0, 0.05) is 10.4 Å². The Labute approximate surface area is 115 Å². The Morgan fingerprint density at radius 1 is 1.37 bits per heavy atom. The van der Waals surface area contributed by atoms with E-state index in [0.29, 0.717) is 10.6 Å². The van der Waals surface area contributed by atoms with Gasteiger partial charge in [-0.3, -0.25) is 4.79 Å². The summed E-state index contributed by atoms with van der Waals surface area (Å²) in [4.78, 5) is 12.8. The van der Waals surface area contributed by atoms with Crippen LogP contribution in [0.3, 0.4) is 0 Å². The number of hydrogen-bond acceptors (Lipinski definition) is 4. The maximum atomic E-state index is 11.6. The summed E-state index contributed by atoms with van der Waals surface area (Å²) >= 11 is 1.46. The molecule has 1 heterocycles. The van der Waals surface area contributed by atoms with Gasteiger partial charge in [0.25, 0.3) is 5.91 Å². The van der Waals surface area contributed by atoms with Crippen molar-refractivity contribution < 1.29 is 9.53 Å². The molecule has 0 aliphatic heterocycles. The Morgan fingerprint density at radius 3 is 2.84 bits per heavy atom. The van der Waals surface area contributed by atoms with Crippen LogP contribution in [0, 0.1) is 0 Å². The van der Waals surface area contributed by atoms with Crippen LogP contribution in [0.5, 0.6) is 5.75 Å². The normalized spacial score (nSPS) is 12.7. The minimum absolute atomic E-state index is 0.460. The molecule has 0 atom stereocenters. The number of rotatable bonds is 2. The molecule has 3 rings (SSSR count). The summed E-state index contributed by atoms with van der Waals surface area (Å²) in [5.41, 5.74) is 15.0. The number of nitrogen functional groups attached to an aromatic ring is 1. The minimum atomic E-state index is -0.460. The van der Waals surface area contributed by atoms with E-state index in [-0.39, 0.29) is 0 Å². The highest BCUT2D eigenvalue weighted by Crippen LogP contribution is 2.44. The molecule has 0 bridgehead atoms. The van der Waals surface area contributed by atoms with E-state index < -0.39 is 5.91 Å². The summed E-state index contributed by atoms with van der Waals surface area (Å²) in [6.45, 7) is 0. The maximum absolute atomic E-state index is 11.6. The first-order valence-corrected chi connectivity index (χ1v) is 6.81. The number of carbonyl (C=O) groups is 1. The smallest absolute Gasteiger partial charge is 0.252 e. The predicted octanol–water partition coefficient (Wildman–Crippen LogP) is 2.20. The number of ether oxygens (including phenoxy) is 1. The third kappa shape index (κ3) is 1.77. The Hall–Kier alpha value is -2.01. The van der Waals surface area contributed by atoms with Crippen LogP contribution in [0.25, 0.3) is 11.1 Å². The molecule has 1 amide bonds. The summed E-state index contributed by atoms with van der Waals surface area (Å²) in [5, 5.41) is 0.515. The number of fused-ring (bicyclic) bond motifs is 3. The largest absolute Gasteiger partial charge is 0.497 e. The van der Waals surface area contributed by atoms with E-state index in [1.165, 1.54) is 16.9 Å². The van der Waals surface area contributed by atoms with Crippen LogP contribution >= 0.6 is 11.3 Å². The molecule has 19 heavy (non-hydrogen) atoms. The Kier molecular flexibility index (Phi) is 2.71. The number of carbonyl (C=O) groups excluding carboxylic acids is 1. The Morgan fingerprint density at radius 2 is 2.16 bits per heavy atom. The number of aryl methyl sites for hydroxylation is 2. The first-order valence-electron chi connectivity index (χ1n) is 6.00. The second-order valence-electron chi connectivity index (χ2n) is 4.53. The van der Waals surface area contributed by atoms with Gasteiger partial charge in [-0.2, -0.15) is 0 Å². The first-order chi connectivity index (χ1) is 9.11. The van der Waals surface area contributed by atoms with Crippen LogP contribution in [0.2, 0.25) is 0 Å². The molecular formula is C14H14N2O2S. The average molecular weight is 274 g/mol. The molecule has 1 aliphatic carbocycles. The lowest BCUT2D eigenvalue weighted by molar-refractivity contribution is 0.100. The summed E-state index contributed by atoms with van der Waals surface area (Å²) < 4.78 is 5.24. The van der Waals surface area contributed by atoms with Crippen LogP contribution in [-0.2, 0) is 12.8 Å². The van der Waals surface area contributed by atoms with Crippen molar-refractivity contribution in [2.24, 2.45) is 5.73 Å². The van der Waals surface area contributed by atoms with Gasteiger partial charge in [-0.15, -0.1) is 11.3 Å². The van der Waals surface area contributed by atoms with E-state index in [1.807, 2.05) is 18.2 Å². The van der Waals surface area contributed by atoms with Crippen molar-refractivity contribution in [3.63, 3.8) is 0 Å². The number of benzene rings is 1. The van der Waals surface area contributed by atoms with Crippen LogP contribution in [0.1, 0.15) is 20.8 Å². The zero-order valence-electron chi connectivity index (χ0n) is 10.5. The van der Waals surface area contributed by atoms with Gasteiger partial charge in [-0.25, -0.2) is 0 Å². The van der Waals surface area contributed by atoms with Gasteiger partial charge < -0.3 is 16.2 Å². The fraction of sp³-hybridized carbons (Fsp3) is 0.214. The van der Waals surface area contributed by atoms with Gasteiger partial charge in [0.05, 0.1) is 17.7 Å². The van der Waals surface area contributed by atoms with Gasteiger partial charge in [0.1, 0.15) is 5.75 Å². The first kappa shape index (κ1) is 12.0. The van der Waals surface area contributed by atoms with Crippen LogP contribution in [0.15, 0.2) is 18.2 Å². The lowest BCUT2D eigenvalue weighted by Gasteiger charge is -2.18. The van der Waals surface area contributed by atoms with E-state index in [2.05, 4.69) is 0 Å². The lowest BCUT2D eigenvalue weighted by Crippen LogP contribution is -2.14. The van der Waals surface area contributed by atoms with Gasteiger partial charge in [0.15, 0.2) is 0 Å². The highest BCUT2D eigenvalue weighted by atomic mass is 32.1. The average Bonchev–Trinajstić information content (AvgIpc) is 2.74. The van der Waals surface area contributed by atoms with Crippen molar-refractivity contribution in [3.05, 3.63) is 34.2 Å². The van der Waals surface area contributed by atoms with E-state index in [0.717, 1.165) is 34.6 Å². The van der Waals surface area contributed by atoms with Crippen molar-refractivity contribution in [1.29, 1.82) is 0 Å². The number of thiophene rings is 1. The van der Waals surface area contributed by atoms with Crippen LogP contribution < -0.4 is 16.2 Å². The summed E-state index contributed by atoms with van der Waals surface area (Å²) in [6, 6.07) is 5.88. The quantitative estimate of drug-likeness (QED) is 0.881. The molecule has 4 nitrogen and oxygen atoms in total. The van der Waals surface area contributed by atoms with Crippen molar-refractivity contribution in [2.45, 2.75) is 12.8 Å². The molecule has 5 heteroatoms. The summed E-state index contributed by atoms with van der Waals surface area (Å²) in [7, 11) is 1.65. The molecule has 0 radical (unpaired) electrons. The number of amides is 1. The van der Waals surface area contributed by atoms with Gasteiger partial charge in [-0.05, 0) is 36.1 Å². The van der Waals surface area contributed by atoms with Crippen molar-refractivity contribution in [1.82, 2.24) is 0 Å². The Balaban J connectivity index is 2.25. The van der Waals surface area contributed by atoms with Crippen molar-refractivity contribution >= 4 is 22.2 Å². The number of hydrogen-bond donors (Lipinski definition) is 2. The maximum Gasteiger partial charge on any atom is 0.252 e. The minimum Gasteiger partial charge on any atom is -0.497 e. The highest BCUT2D eigenvalue weighted by molar-refractivity contribution is 7.17. The molecule has 0 unspecified atom stereocenters. The molecule has 1 aromatic carbocycles. The molecule has 2 aromatic rings. The second-order valence-corrected chi connectivity index (χ2v) is 5.66. The SMILES string of the molecule is COc1ccc2c(c1)CCc1sc(N)c(C(N)=O)c1-2. The van der Waals surface area contributed by atoms with Gasteiger partial charge in [0.2, 0.25) is 0 Å². The van der Waals surface area contributed by atoms with E-state index in [1.54, 1.807) is 7.11 Å². The number of nitrogens with two attached hydrogens (primary N) is 2. The molecule has 0 saturated heterocycles. The van der Waals surface area contributed by atoms with Crippen molar-refractivity contribution in [2.75, 3.05) is 12.8 Å². The summed E-state index contributed by atoms with van der Waals surface area (Å²) in [5.74, 6) is 0.365. The lowest BCUT2D eigenvalue weighted by atomic mass is 9.88. The topological polar surface area (TPSA) is 78.3 Å². The molecule has 0 spiro atoms. The standard InChI is InChI=1S/C14H14N2O2S/c1-18-8-3-4-9-7(6-8)2-5-10-11(9)12(13(15)17)14(16)19-10/h3-4,6H,2,5,16H2,1H3,(H2,15,17). The van der Waals surface area contributed by atoms with E-state index >= 15 is 0 Å². The van der Waals surface area contributed by atoms with Gasteiger partial charge >= 0.3 is 0 Å². The van der Waals surface area contributed by atoms with Crippen LogP contribution in [-0.4, -0.2) is 13.0 Å². The Bertz CT molecular complexity index is 676. The number of anilines is 1. The third-order valence-corrected chi connectivity index (χ3v) is 4.54. The fourth-order valence-electron chi connectivity index (χ4n) is 2.60. The molecule has 1 aromatic heterocycles. The molecule has 98 valence electrons. The fourth-order valence-corrected chi connectivity index (χ4v) is 3.69. The zero-order chi connectivity index (χ0) is 13.6. The molecular weight excluding hydrogens is 260 g/mol. The van der Waals surface area contributed by atoms with E-state index in [4.69, 9.17) is 16.2 Å². The molecule has 1 aliphatic rings. The van der Waals surface area contributed by atoms with Gasteiger partial charge in [-0.1, -0.05) is 6.07 Å². The monoisotopic (exact) mass is 274 g/mol. The second kappa shape index (κ2) is 4.28. The number of methoxy groups -OCH3 is 1. The zero-order valence-corrected chi connectivity index (χ0v) is 11.3. The number of primary amides is 1. The van der Waals surface area contributed by atoms with Crippen molar-refractivity contribution in [3.8, 4) is 16.9 Å². The third-order valence-electron chi connectivity index (χ3n) is 3.46. The highest BCUT2D eigenvalue weighted by Gasteiger charge is 2.26. The van der Waals surface area contributed by atoms with E-state index in [9.17, 15) is 4.79 Å². The van der Waals surface area contributed by atoms with Crippen LogP contribution in [0.4, 0.5) is 5.00 Å². The molecule has 0 fully saturated rings. The predicted molar refractivity (Wildman–Crippen MR) is 76.6 cm³/mol. The molecule has 0 saturated carbocycles. The summed E-state index contributed by atoms with van der Waals surface area (Å²) in [6.07, 6.45) is 1.81. The molecule has 4 N–H and O–H groups in total.